The van der Waals surface area contributed by atoms with E-state index < -0.39 is 0 Å². The van der Waals surface area contributed by atoms with E-state index >= 15 is 0 Å². The molecular weight excluding hydrogens is 797 g/mol. The van der Waals surface area contributed by atoms with E-state index in [9.17, 15) is 0 Å². The molecule has 3 aromatic heterocycles. The predicted molar refractivity (Wildman–Crippen MR) is 274 cm³/mol. The van der Waals surface area contributed by atoms with Crippen LogP contribution in [0.3, 0.4) is 0 Å². The van der Waals surface area contributed by atoms with Crippen LogP contribution in [0.1, 0.15) is 13.8 Å². The molecule has 0 aliphatic rings. The van der Waals surface area contributed by atoms with Gasteiger partial charge in [-0.05, 0) is 33.7 Å². The van der Waals surface area contributed by atoms with Crippen molar-refractivity contribution in [3.05, 3.63) is 219 Å². The van der Waals surface area contributed by atoms with Crippen LogP contribution >= 0.6 is 11.3 Å². The molecule has 0 amide bonds. The van der Waals surface area contributed by atoms with Crippen LogP contribution in [0.4, 0.5) is 0 Å². The summed E-state index contributed by atoms with van der Waals surface area (Å²) in [7, 11) is 0. The van der Waals surface area contributed by atoms with Gasteiger partial charge in [-0.1, -0.05) is 214 Å². The normalized spacial score (nSPS) is 11.1. The molecule has 12 rings (SSSR count). The van der Waals surface area contributed by atoms with Crippen LogP contribution in [0.5, 0.6) is 0 Å². The minimum absolute atomic E-state index is 0.571. The Labute approximate surface area is 377 Å². The lowest BCUT2D eigenvalue weighted by molar-refractivity contribution is 0.955. The zero-order chi connectivity index (χ0) is 43.6. The molecule has 9 aromatic carbocycles. The monoisotopic (exact) mass is 840 g/mol. The van der Waals surface area contributed by atoms with E-state index in [0.717, 1.165) is 71.5 Å². The van der Waals surface area contributed by atoms with Crippen LogP contribution in [-0.4, -0.2) is 19.5 Å². The highest BCUT2D eigenvalue weighted by Crippen LogP contribution is 2.45. The van der Waals surface area contributed by atoms with Crippen molar-refractivity contribution in [2.75, 3.05) is 0 Å². The van der Waals surface area contributed by atoms with Crippen molar-refractivity contribution in [2.24, 2.45) is 0 Å². The van der Waals surface area contributed by atoms with Crippen LogP contribution in [0.15, 0.2) is 219 Å². The summed E-state index contributed by atoms with van der Waals surface area (Å²) in [4.78, 5) is 16.1. The van der Waals surface area contributed by atoms with Gasteiger partial charge in [-0.2, -0.15) is 9.97 Å². The lowest BCUT2D eigenvalue weighted by Gasteiger charge is -2.14. The van der Waals surface area contributed by atoms with Gasteiger partial charge in [0, 0.05) is 58.6 Å². The van der Waals surface area contributed by atoms with Crippen molar-refractivity contribution in [1.82, 2.24) is 19.5 Å². The highest BCUT2D eigenvalue weighted by Gasteiger charge is 2.23. The quantitative estimate of drug-likeness (QED) is 0.157. The Morgan fingerprint density at radius 3 is 1.45 bits per heavy atom. The summed E-state index contributed by atoms with van der Waals surface area (Å²) in [6, 6.07) is 73.2. The molecule has 64 heavy (non-hydrogen) atoms. The van der Waals surface area contributed by atoms with E-state index in [-0.39, 0.29) is 0 Å². The van der Waals surface area contributed by atoms with Crippen molar-refractivity contribution in [1.29, 1.82) is 0 Å². The molecule has 0 bridgehead atoms. The van der Waals surface area contributed by atoms with Crippen molar-refractivity contribution in [2.45, 2.75) is 13.8 Å². The predicted octanol–water partition coefficient (Wildman–Crippen LogP) is 16.7. The molecule has 0 radical (unpaired) electrons. The first-order valence-corrected chi connectivity index (χ1v) is 22.5. The van der Waals surface area contributed by atoms with Crippen LogP contribution < -0.4 is 0 Å². The summed E-state index contributed by atoms with van der Waals surface area (Å²) in [5, 5.41) is 7.14. The fourth-order valence-electron chi connectivity index (χ4n) is 8.81. The second-order valence-electron chi connectivity index (χ2n) is 15.2. The first-order chi connectivity index (χ1) is 31.7. The van der Waals surface area contributed by atoms with Crippen LogP contribution in [0, 0.1) is 0 Å². The summed E-state index contributed by atoms with van der Waals surface area (Å²) in [6.45, 7) is 10.0. The summed E-state index contributed by atoms with van der Waals surface area (Å²) < 4.78 is 4.85. The van der Waals surface area contributed by atoms with E-state index in [1.165, 1.54) is 25.7 Å². The number of nitrogens with zero attached hydrogens (tertiary/aromatic N) is 4. The number of thiophene rings is 1. The van der Waals surface area contributed by atoms with Crippen molar-refractivity contribution in [3.63, 3.8) is 0 Å². The molecular formula is C59H44N4S. The minimum Gasteiger partial charge on any atom is -0.277 e. The molecule has 0 N–H and O–H groups in total. The fourth-order valence-corrected chi connectivity index (χ4v) is 10.0. The highest BCUT2D eigenvalue weighted by atomic mass is 32.1. The van der Waals surface area contributed by atoms with Crippen LogP contribution in [0.25, 0.3) is 115 Å². The van der Waals surface area contributed by atoms with E-state index in [2.05, 4.69) is 212 Å². The maximum Gasteiger partial charge on any atom is 0.238 e. The summed E-state index contributed by atoms with van der Waals surface area (Å²) in [6.07, 6.45) is 0. The average Bonchev–Trinajstić information content (AvgIpc) is 3.95. The van der Waals surface area contributed by atoms with Crippen molar-refractivity contribution in [3.8, 4) is 62.1 Å². The average molecular weight is 841 g/mol. The first kappa shape index (κ1) is 40.1. The second-order valence-corrected chi connectivity index (χ2v) is 16.2. The Morgan fingerprint density at radius 2 is 0.828 bits per heavy atom. The molecule has 0 unspecified atom stereocenters. The number of benzene rings is 9. The Balaban J connectivity index is 0.00000118. The lowest BCUT2D eigenvalue weighted by atomic mass is 9.99. The number of para-hydroxylation sites is 1. The Hall–Kier alpha value is -7.99. The Kier molecular flexibility index (Phi) is 10.9. The summed E-state index contributed by atoms with van der Waals surface area (Å²) in [5.41, 5.74) is 10.9. The number of hydrogen-bond donors (Lipinski definition) is 0. The molecule has 0 spiro atoms. The minimum atomic E-state index is 0.571. The standard InChI is InChI=1S/C55H34N4S.C2H6.C2H4/c1-3-13-35(14-4-1)37-25-29-40(30-26-37)53-56-54(41-31-27-38(28-32-41)36-15-5-2-6-16-36)58-55(57-53)59-50-42-18-8-7-17-39(42)33-34-46(50)44-20-11-21-45(51(44)59)48-23-12-22-47-43-19-9-10-24-49(43)60-52(47)48;2*1-2/h1-34H;1-2H3;1-2H2. The third-order valence-electron chi connectivity index (χ3n) is 11.7. The largest absolute Gasteiger partial charge is 0.277 e. The smallest absolute Gasteiger partial charge is 0.238 e. The Bertz CT molecular complexity index is 3490. The van der Waals surface area contributed by atoms with Gasteiger partial charge in [0.25, 0.3) is 0 Å². The third-order valence-corrected chi connectivity index (χ3v) is 12.9. The van der Waals surface area contributed by atoms with E-state index in [0.29, 0.717) is 17.6 Å². The van der Waals surface area contributed by atoms with E-state index in [4.69, 9.17) is 15.0 Å². The molecule has 5 heteroatoms. The van der Waals surface area contributed by atoms with Gasteiger partial charge < -0.3 is 0 Å². The lowest BCUT2D eigenvalue weighted by Crippen LogP contribution is -2.07. The molecule has 0 aliphatic heterocycles. The van der Waals surface area contributed by atoms with Gasteiger partial charge >= 0.3 is 0 Å². The number of fused-ring (bicyclic) bond motifs is 8. The van der Waals surface area contributed by atoms with Gasteiger partial charge in [0.1, 0.15) is 0 Å². The zero-order valence-corrected chi connectivity index (χ0v) is 36.6. The second kappa shape index (κ2) is 17.4. The van der Waals surface area contributed by atoms with Gasteiger partial charge in [0.15, 0.2) is 11.6 Å². The Morgan fingerprint density at radius 1 is 0.359 bits per heavy atom. The van der Waals surface area contributed by atoms with Gasteiger partial charge in [-0.25, -0.2) is 4.98 Å². The number of rotatable bonds is 6. The number of aromatic nitrogens is 4. The summed E-state index contributed by atoms with van der Waals surface area (Å²) >= 11 is 1.85. The molecule has 0 fully saturated rings. The number of hydrogen-bond acceptors (Lipinski definition) is 4. The van der Waals surface area contributed by atoms with Gasteiger partial charge in [0.05, 0.1) is 11.0 Å². The maximum atomic E-state index is 5.42. The first-order valence-electron chi connectivity index (χ1n) is 21.7. The molecule has 0 aliphatic carbocycles. The van der Waals surface area contributed by atoms with Crippen LogP contribution in [-0.2, 0) is 0 Å². The highest BCUT2D eigenvalue weighted by molar-refractivity contribution is 7.26. The van der Waals surface area contributed by atoms with Gasteiger partial charge in [-0.15, -0.1) is 24.5 Å². The zero-order valence-electron chi connectivity index (χ0n) is 35.7. The fraction of sp³-hybridized carbons (Fsp3) is 0.0339. The molecule has 0 saturated carbocycles. The topological polar surface area (TPSA) is 43.6 Å². The molecule has 0 atom stereocenters. The molecule has 4 nitrogen and oxygen atoms in total. The molecule has 12 aromatic rings. The van der Waals surface area contributed by atoms with Crippen molar-refractivity contribution < 1.29 is 0 Å². The molecule has 0 saturated heterocycles. The van der Waals surface area contributed by atoms with Gasteiger partial charge in [0.2, 0.25) is 5.95 Å². The third kappa shape index (κ3) is 7.02. The maximum absolute atomic E-state index is 5.42. The summed E-state index contributed by atoms with van der Waals surface area (Å²) in [5.74, 6) is 1.80. The van der Waals surface area contributed by atoms with E-state index in [1.54, 1.807) is 0 Å². The van der Waals surface area contributed by atoms with E-state index in [1.807, 2.05) is 37.3 Å². The SMILES string of the molecule is C=C.CC.c1ccc(-c2ccc(-c3nc(-c4ccc(-c5ccccc5)cc4)nc(-n4c5c(-c6cccc7c6sc6ccccc67)cccc5c5ccc6ccccc6c54)n3)cc2)cc1. The van der Waals surface area contributed by atoms with Crippen LogP contribution in [0.2, 0.25) is 0 Å². The van der Waals surface area contributed by atoms with Gasteiger partial charge in [-0.3, -0.25) is 4.57 Å². The molecule has 306 valence electrons. The van der Waals surface area contributed by atoms with Crippen molar-refractivity contribution >= 4 is 64.1 Å². The molecule has 3 heterocycles.